The number of para-hydroxylation sites is 1. The second-order valence-electron chi connectivity index (χ2n) is 4.00. The first-order valence-electron chi connectivity index (χ1n) is 6.13. The Kier molecular flexibility index (Phi) is 8.60. The van der Waals surface area contributed by atoms with Crippen molar-refractivity contribution in [3.63, 3.8) is 0 Å². The van der Waals surface area contributed by atoms with E-state index < -0.39 is 0 Å². The molecule has 0 heterocycles. The molecule has 1 unspecified atom stereocenters. The lowest BCUT2D eigenvalue weighted by atomic mass is 10.1. The molecule has 0 aliphatic heterocycles. The molecule has 0 spiro atoms. The molecule has 1 aromatic rings. The van der Waals surface area contributed by atoms with Crippen LogP contribution < -0.4 is 5.32 Å². The van der Waals surface area contributed by atoms with Crippen molar-refractivity contribution in [2.75, 3.05) is 5.32 Å². The molecular formula is C14H23NOS. The maximum atomic E-state index is 11.7. The molecule has 0 aliphatic rings. The van der Waals surface area contributed by atoms with E-state index in [1.807, 2.05) is 44.2 Å². The van der Waals surface area contributed by atoms with Crippen LogP contribution in [0, 0.1) is 5.92 Å². The highest BCUT2D eigenvalue weighted by molar-refractivity contribution is 7.81. The van der Waals surface area contributed by atoms with Crippen molar-refractivity contribution < 1.29 is 4.79 Å². The molecule has 0 fully saturated rings. The average Bonchev–Trinajstić information content (AvgIpc) is 2.32. The van der Waals surface area contributed by atoms with Crippen LogP contribution in [0.2, 0.25) is 0 Å². The number of amides is 1. The highest BCUT2D eigenvalue weighted by atomic mass is 32.1. The average molecular weight is 253 g/mol. The Morgan fingerprint density at radius 1 is 1.24 bits per heavy atom. The number of hydrogen-bond acceptors (Lipinski definition) is 2. The van der Waals surface area contributed by atoms with Crippen LogP contribution >= 0.6 is 12.6 Å². The summed E-state index contributed by atoms with van der Waals surface area (Å²) < 4.78 is 0. The van der Waals surface area contributed by atoms with E-state index in [-0.39, 0.29) is 11.2 Å². The summed E-state index contributed by atoms with van der Waals surface area (Å²) in [7, 11) is 0. The fourth-order valence-corrected chi connectivity index (χ4v) is 1.79. The van der Waals surface area contributed by atoms with E-state index in [9.17, 15) is 4.79 Å². The summed E-state index contributed by atoms with van der Waals surface area (Å²) in [6.07, 6.45) is 0.793. The van der Waals surface area contributed by atoms with Crippen LogP contribution in [-0.2, 0) is 4.79 Å². The Morgan fingerprint density at radius 3 is 2.24 bits per heavy atom. The second-order valence-corrected chi connectivity index (χ2v) is 4.62. The maximum absolute atomic E-state index is 11.7. The minimum absolute atomic E-state index is 0.0294. The van der Waals surface area contributed by atoms with E-state index in [1.165, 1.54) is 0 Å². The van der Waals surface area contributed by atoms with Crippen LogP contribution in [-0.4, -0.2) is 11.2 Å². The molecular weight excluding hydrogens is 230 g/mol. The van der Waals surface area contributed by atoms with E-state index in [2.05, 4.69) is 31.8 Å². The molecule has 0 aliphatic carbocycles. The normalized spacial score (nSPS) is 11.4. The Hall–Kier alpha value is -0.960. The summed E-state index contributed by atoms with van der Waals surface area (Å²) in [5.41, 5.74) is 0.824. The highest BCUT2D eigenvalue weighted by Gasteiger charge is 2.14. The minimum Gasteiger partial charge on any atom is -0.325 e. The zero-order valence-corrected chi connectivity index (χ0v) is 12.0. The van der Waals surface area contributed by atoms with Crippen molar-refractivity contribution in [2.24, 2.45) is 5.92 Å². The van der Waals surface area contributed by atoms with Crippen molar-refractivity contribution >= 4 is 24.2 Å². The van der Waals surface area contributed by atoms with Gasteiger partial charge in [0.15, 0.2) is 0 Å². The lowest BCUT2D eigenvalue weighted by molar-refractivity contribution is -0.115. The summed E-state index contributed by atoms with van der Waals surface area (Å²) >= 11 is 4.28. The van der Waals surface area contributed by atoms with Gasteiger partial charge in [-0.15, -0.1) is 0 Å². The van der Waals surface area contributed by atoms with Gasteiger partial charge in [-0.2, -0.15) is 12.6 Å². The van der Waals surface area contributed by atoms with Gasteiger partial charge in [-0.3, -0.25) is 4.79 Å². The molecule has 0 aromatic heterocycles. The lowest BCUT2D eigenvalue weighted by Gasteiger charge is -2.13. The van der Waals surface area contributed by atoms with E-state index in [1.54, 1.807) is 0 Å². The molecule has 3 heteroatoms. The Morgan fingerprint density at radius 2 is 1.76 bits per heavy atom. The number of carbonyl (C=O) groups is 1. The Bertz CT molecular complexity index is 311. The number of hydrogen-bond donors (Lipinski definition) is 2. The Labute approximate surface area is 110 Å². The molecule has 1 atom stereocenters. The van der Waals surface area contributed by atoms with Crippen molar-refractivity contribution in [3.05, 3.63) is 30.3 Å². The molecule has 1 amide bonds. The number of anilines is 1. The van der Waals surface area contributed by atoms with Gasteiger partial charge in [0.2, 0.25) is 5.91 Å². The summed E-state index contributed by atoms with van der Waals surface area (Å²) in [5, 5.41) is 2.60. The van der Waals surface area contributed by atoms with Gasteiger partial charge in [-0.05, 0) is 24.5 Å². The summed E-state index contributed by atoms with van der Waals surface area (Å²) in [5.74, 6) is 0.451. The van der Waals surface area contributed by atoms with Crippen LogP contribution in [0.3, 0.4) is 0 Å². The summed E-state index contributed by atoms with van der Waals surface area (Å²) in [4.78, 5) is 11.7. The molecule has 1 aromatic carbocycles. The molecule has 0 saturated heterocycles. The number of rotatable bonds is 4. The predicted octanol–water partition coefficient (Wildman–Crippen LogP) is 4.00. The number of thiol groups is 1. The standard InChI is InChI=1S/C12H17NOS.C2H6/c1-9(2)8-11(15)12(14)13-10-6-4-3-5-7-10;1-2/h3-7,9,11,15H,8H2,1-2H3,(H,13,14);1-2H3. The minimum atomic E-state index is -0.231. The van der Waals surface area contributed by atoms with Gasteiger partial charge < -0.3 is 5.32 Å². The molecule has 0 bridgehead atoms. The van der Waals surface area contributed by atoms with Crippen molar-refractivity contribution in [3.8, 4) is 0 Å². The first-order valence-corrected chi connectivity index (χ1v) is 6.65. The molecule has 1 N–H and O–H groups in total. The van der Waals surface area contributed by atoms with E-state index >= 15 is 0 Å². The molecule has 17 heavy (non-hydrogen) atoms. The number of benzene rings is 1. The van der Waals surface area contributed by atoms with Gasteiger partial charge >= 0.3 is 0 Å². The van der Waals surface area contributed by atoms with E-state index in [0.29, 0.717) is 5.92 Å². The van der Waals surface area contributed by atoms with E-state index in [4.69, 9.17) is 0 Å². The van der Waals surface area contributed by atoms with E-state index in [0.717, 1.165) is 12.1 Å². The number of nitrogens with one attached hydrogen (secondary N) is 1. The zero-order valence-electron chi connectivity index (χ0n) is 11.1. The fourth-order valence-electron chi connectivity index (χ4n) is 1.30. The van der Waals surface area contributed by atoms with Crippen LogP contribution in [0.15, 0.2) is 30.3 Å². The third-order valence-electron chi connectivity index (χ3n) is 2.04. The third kappa shape index (κ3) is 7.05. The number of carbonyl (C=O) groups excluding carboxylic acids is 1. The monoisotopic (exact) mass is 253 g/mol. The quantitative estimate of drug-likeness (QED) is 0.780. The first-order chi connectivity index (χ1) is 8.09. The molecule has 0 saturated carbocycles. The second kappa shape index (κ2) is 9.11. The molecule has 2 nitrogen and oxygen atoms in total. The van der Waals surface area contributed by atoms with Crippen molar-refractivity contribution in [1.82, 2.24) is 0 Å². The SMILES string of the molecule is CC.CC(C)CC(S)C(=O)Nc1ccccc1. The Balaban J connectivity index is 0.00000121. The van der Waals surface area contributed by atoms with Gasteiger partial charge in [0, 0.05) is 5.69 Å². The highest BCUT2D eigenvalue weighted by Crippen LogP contribution is 2.13. The summed E-state index contributed by atoms with van der Waals surface area (Å²) in [6.45, 7) is 8.16. The van der Waals surface area contributed by atoms with Gasteiger partial charge in [-0.25, -0.2) is 0 Å². The van der Waals surface area contributed by atoms with Crippen LogP contribution in [0.1, 0.15) is 34.1 Å². The van der Waals surface area contributed by atoms with Gasteiger partial charge in [-0.1, -0.05) is 45.9 Å². The lowest BCUT2D eigenvalue weighted by Crippen LogP contribution is -2.24. The van der Waals surface area contributed by atoms with Crippen LogP contribution in [0.25, 0.3) is 0 Å². The van der Waals surface area contributed by atoms with Crippen molar-refractivity contribution in [2.45, 2.75) is 39.4 Å². The van der Waals surface area contributed by atoms with Gasteiger partial charge in [0.25, 0.3) is 0 Å². The fraction of sp³-hybridized carbons (Fsp3) is 0.500. The van der Waals surface area contributed by atoms with Crippen molar-refractivity contribution in [1.29, 1.82) is 0 Å². The molecule has 0 radical (unpaired) electrons. The largest absolute Gasteiger partial charge is 0.325 e. The van der Waals surface area contributed by atoms with Gasteiger partial charge in [0.05, 0.1) is 5.25 Å². The van der Waals surface area contributed by atoms with Gasteiger partial charge in [0.1, 0.15) is 0 Å². The van der Waals surface area contributed by atoms with Crippen LogP contribution in [0.4, 0.5) is 5.69 Å². The smallest absolute Gasteiger partial charge is 0.237 e. The predicted molar refractivity (Wildman–Crippen MR) is 78.6 cm³/mol. The molecule has 1 rings (SSSR count). The first kappa shape index (κ1) is 16.0. The topological polar surface area (TPSA) is 29.1 Å². The third-order valence-corrected chi connectivity index (χ3v) is 2.48. The zero-order chi connectivity index (χ0) is 13.3. The molecule has 96 valence electrons. The summed E-state index contributed by atoms with van der Waals surface area (Å²) in [6, 6.07) is 9.45. The maximum Gasteiger partial charge on any atom is 0.237 e. The van der Waals surface area contributed by atoms with Crippen LogP contribution in [0.5, 0.6) is 0 Å².